The average Bonchev–Trinajstić information content (AvgIpc) is 2.70. The molecule has 0 saturated heterocycles. The smallest absolute Gasteiger partial charge is 0.0797 e. The van der Waals surface area contributed by atoms with Crippen LogP contribution in [0.25, 0.3) is 10.4 Å². The van der Waals surface area contributed by atoms with E-state index in [1.165, 1.54) is 0 Å². The fourth-order valence-corrected chi connectivity index (χ4v) is 2.16. The van der Waals surface area contributed by atoms with Crippen LogP contribution in [0.2, 0.25) is 5.02 Å². The van der Waals surface area contributed by atoms with Gasteiger partial charge in [0.05, 0.1) is 17.0 Å². The van der Waals surface area contributed by atoms with E-state index in [1.54, 1.807) is 29.1 Å². The molecule has 2 nitrogen and oxygen atoms in total. The molecule has 0 saturated carbocycles. The minimum absolute atomic E-state index is 0.00616. The molecule has 0 atom stereocenters. The number of rotatable bonds is 2. The summed E-state index contributed by atoms with van der Waals surface area (Å²) in [6, 6.07) is 5.49. The average molecular weight is 226 g/mol. The van der Waals surface area contributed by atoms with Gasteiger partial charge in [0.2, 0.25) is 0 Å². The third-order valence-corrected chi connectivity index (χ3v) is 2.98. The van der Waals surface area contributed by atoms with Crippen LogP contribution in [0.1, 0.15) is 5.56 Å². The number of aromatic nitrogens is 1. The number of aliphatic hydroxyl groups excluding tert-OH is 1. The molecule has 0 aliphatic carbocycles. The van der Waals surface area contributed by atoms with Gasteiger partial charge in [-0.15, -0.1) is 11.3 Å². The molecule has 0 spiro atoms. The van der Waals surface area contributed by atoms with E-state index in [0.29, 0.717) is 5.02 Å². The second-order valence-electron chi connectivity index (χ2n) is 2.83. The van der Waals surface area contributed by atoms with E-state index >= 15 is 0 Å². The summed E-state index contributed by atoms with van der Waals surface area (Å²) in [5.74, 6) is 0. The number of halogens is 1. The van der Waals surface area contributed by atoms with Crippen molar-refractivity contribution in [1.82, 2.24) is 4.98 Å². The largest absolute Gasteiger partial charge is 0.392 e. The molecule has 0 unspecified atom stereocenters. The zero-order chi connectivity index (χ0) is 9.97. The molecule has 1 aromatic heterocycles. The van der Waals surface area contributed by atoms with Crippen molar-refractivity contribution < 1.29 is 5.11 Å². The first-order valence-electron chi connectivity index (χ1n) is 4.09. The normalized spacial score (nSPS) is 10.4. The molecule has 72 valence electrons. The van der Waals surface area contributed by atoms with E-state index in [9.17, 15) is 0 Å². The standard InChI is InChI=1S/C10H8ClNOS/c11-8-1-2-9(7(3-8)5-13)10-4-12-6-14-10/h1-4,6,13H,5H2. The molecule has 0 fully saturated rings. The van der Waals surface area contributed by atoms with Crippen LogP contribution < -0.4 is 0 Å². The first kappa shape index (κ1) is 9.65. The van der Waals surface area contributed by atoms with Gasteiger partial charge in [0.15, 0.2) is 0 Å². The van der Waals surface area contributed by atoms with Gasteiger partial charge in [-0.25, -0.2) is 0 Å². The van der Waals surface area contributed by atoms with E-state index in [-0.39, 0.29) is 6.61 Å². The number of hydrogen-bond acceptors (Lipinski definition) is 3. The lowest BCUT2D eigenvalue weighted by Gasteiger charge is -2.04. The molecule has 0 amide bonds. The van der Waals surface area contributed by atoms with Crippen LogP contribution in [0.15, 0.2) is 29.9 Å². The summed E-state index contributed by atoms with van der Waals surface area (Å²) >= 11 is 7.38. The van der Waals surface area contributed by atoms with Crippen molar-refractivity contribution in [1.29, 1.82) is 0 Å². The Balaban J connectivity index is 2.53. The second kappa shape index (κ2) is 4.09. The fourth-order valence-electron chi connectivity index (χ4n) is 1.28. The first-order chi connectivity index (χ1) is 6.81. The Labute approximate surface area is 90.8 Å². The monoisotopic (exact) mass is 225 g/mol. The zero-order valence-electron chi connectivity index (χ0n) is 7.27. The van der Waals surface area contributed by atoms with Crippen molar-refractivity contribution in [3.63, 3.8) is 0 Å². The Bertz CT molecular complexity index is 428. The number of aliphatic hydroxyl groups is 1. The van der Waals surface area contributed by atoms with Crippen LogP contribution >= 0.6 is 22.9 Å². The Morgan fingerprint density at radius 2 is 2.29 bits per heavy atom. The lowest BCUT2D eigenvalue weighted by Crippen LogP contribution is -1.87. The maximum atomic E-state index is 9.17. The summed E-state index contributed by atoms with van der Waals surface area (Å²) in [7, 11) is 0. The Hall–Kier alpha value is -0.900. The lowest BCUT2D eigenvalue weighted by atomic mass is 10.1. The number of nitrogens with zero attached hydrogens (tertiary/aromatic N) is 1. The van der Waals surface area contributed by atoms with Crippen LogP contribution in [-0.2, 0) is 6.61 Å². The summed E-state index contributed by atoms with van der Waals surface area (Å²) in [6.07, 6.45) is 1.78. The van der Waals surface area contributed by atoms with Crippen molar-refractivity contribution in [2.45, 2.75) is 6.61 Å². The van der Waals surface area contributed by atoms with E-state index in [0.717, 1.165) is 16.0 Å². The quantitative estimate of drug-likeness (QED) is 0.853. The molecule has 2 rings (SSSR count). The predicted octanol–water partition coefficient (Wildman–Crippen LogP) is 2.96. The first-order valence-corrected chi connectivity index (χ1v) is 5.35. The number of benzene rings is 1. The van der Waals surface area contributed by atoms with Crippen LogP contribution in [0.3, 0.4) is 0 Å². The highest BCUT2D eigenvalue weighted by molar-refractivity contribution is 7.13. The maximum Gasteiger partial charge on any atom is 0.0797 e. The number of thiazole rings is 1. The Morgan fingerprint density at radius 1 is 1.43 bits per heavy atom. The maximum absolute atomic E-state index is 9.17. The minimum atomic E-state index is -0.00616. The van der Waals surface area contributed by atoms with Gasteiger partial charge in [-0.05, 0) is 23.3 Å². The SMILES string of the molecule is OCc1cc(Cl)ccc1-c1cncs1. The van der Waals surface area contributed by atoms with Crippen LogP contribution in [-0.4, -0.2) is 10.1 Å². The Kier molecular flexibility index (Phi) is 2.82. The van der Waals surface area contributed by atoms with Gasteiger partial charge in [0.1, 0.15) is 0 Å². The van der Waals surface area contributed by atoms with Crippen molar-refractivity contribution >= 4 is 22.9 Å². The molecular formula is C10H8ClNOS. The van der Waals surface area contributed by atoms with E-state index in [1.807, 2.05) is 12.1 Å². The van der Waals surface area contributed by atoms with Gasteiger partial charge in [-0.2, -0.15) is 0 Å². The van der Waals surface area contributed by atoms with Crippen molar-refractivity contribution in [2.24, 2.45) is 0 Å². The van der Waals surface area contributed by atoms with Gasteiger partial charge in [0, 0.05) is 11.2 Å². The molecule has 1 aromatic carbocycles. The molecular weight excluding hydrogens is 218 g/mol. The highest BCUT2D eigenvalue weighted by atomic mass is 35.5. The molecule has 0 aliphatic rings. The molecule has 1 heterocycles. The molecule has 1 N–H and O–H groups in total. The lowest BCUT2D eigenvalue weighted by molar-refractivity contribution is 0.282. The summed E-state index contributed by atoms with van der Waals surface area (Å²) in [6.45, 7) is -0.00616. The summed E-state index contributed by atoms with van der Waals surface area (Å²) in [4.78, 5) is 5.05. The van der Waals surface area contributed by atoms with Crippen molar-refractivity contribution in [3.8, 4) is 10.4 Å². The van der Waals surface area contributed by atoms with E-state index < -0.39 is 0 Å². The molecule has 14 heavy (non-hydrogen) atoms. The van der Waals surface area contributed by atoms with Gasteiger partial charge in [-0.3, -0.25) is 4.98 Å². The molecule has 2 aromatic rings. The Morgan fingerprint density at radius 3 is 2.93 bits per heavy atom. The number of hydrogen-bond donors (Lipinski definition) is 1. The van der Waals surface area contributed by atoms with Gasteiger partial charge >= 0.3 is 0 Å². The van der Waals surface area contributed by atoms with Gasteiger partial charge in [-0.1, -0.05) is 17.7 Å². The highest BCUT2D eigenvalue weighted by Crippen LogP contribution is 2.28. The predicted molar refractivity (Wildman–Crippen MR) is 58.5 cm³/mol. The third kappa shape index (κ3) is 1.80. The van der Waals surface area contributed by atoms with Crippen molar-refractivity contribution in [3.05, 3.63) is 40.5 Å². The highest BCUT2D eigenvalue weighted by Gasteiger charge is 2.06. The van der Waals surface area contributed by atoms with E-state index in [2.05, 4.69) is 4.98 Å². The topological polar surface area (TPSA) is 33.1 Å². The molecule has 4 heteroatoms. The van der Waals surface area contributed by atoms with E-state index in [4.69, 9.17) is 16.7 Å². The summed E-state index contributed by atoms with van der Waals surface area (Å²) in [5, 5.41) is 9.81. The molecule has 0 aliphatic heterocycles. The minimum Gasteiger partial charge on any atom is -0.392 e. The zero-order valence-corrected chi connectivity index (χ0v) is 8.85. The van der Waals surface area contributed by atoms with Crippen LogP contribution in [0.4, 0.5) is 0 Å². The van der Waals surface area contributed by atoms with Crippen LogP contribution in [0, 0.1) is 0 Å². The summed E-state index contributed by atoms with van der Waals surface area (Å²) in [5.41, 5.74) is 3.60. The van der Waals surface area contributed by atoms with Crippen LogP contribution in [0.5, 0.6) is 0 Å². The third-order valence-electron chi connectivity index (χ3n) is 1.94. The summed E-state index contributed by atoms with van der Waals surface area (Å²) < 4.78 is 0. The van der Waals surface area contributed by atoms with Gasteiger partial charge < -0.3 is 5.11 Å². The molecule has 0 bridgehead atoms. The van der Waals surface area contributed by atoms with Crippen molar-refractivity contribution in [2.75, 3.05) is 0 Å². The second-order valence-corrected chi connectivity index (χ2v) is 4.15. The fraction of sp³-hybridized carbons (Fsp3) is 0.100. The molecule has 0 radical (unpaired) electrons. The van der Waals surface area contributed by atoms with Gasteiger partial charge in [0.25, 0.3) is 0 Å².